The Hall–Kier alpha value is -1.77. The van der Waals surface area contributed by atoms with Gasteiger partial charge in [-0.3, -0.25) is 4.79 Å². The van der Waals surface area contributed by atoms with Crippen molar-refractivity contribution in [3.05, 3.63) is 16.8 Å². The Morgan fingerprint density at radius 2 is 1.97 bits per heavy atom. The number of aromatic nitrogens is 2. The molecule has 1 saturated carbocycles. The van der Waals surface area contributed by atoms with Crippen molar-refractivity contribution in [1.29, 1.82) is 0 Å². The van der Waals surface area contributed by atoms with Gasteiger partial charge in [-0.25, -0.2) is 9.97 Å². The average Bonchev–Trinajstić information content (AvgIpc) is 3.08. The van der Waals surface area contributed by atoms with Crippen molar-refractivity contribution < 1.29 is 19.7 Å². The van der Waals surface area contributed by atoms with E-state index in [0.717, 1.165) is 48.2 Å². The molecule has 7 nitrogen and oxygen atoms in total. The topological polar surface area (TPSA) is 95.8 Å². The summed E-state index contributed by atoms with van der Waals surface area (Å²) in [6, 6.07) is 0.674. The maximum Gasteiger partial charge on any atom is 0.290 e. The summed E-state index contributed by atoms with van der Waals surface area (Å²) in [6.07, 6.45) is 10.6. The highest BCUT2D eigenvalue weighted by molar-refractivity contribution is 7.18. The van der Waals surface area contributed by atoms with E-state index in [1.807, 2.05) is 0 Å². The van der Waals surface area contributed by atoms with E-state index in [-0.39, 0.29) is 19.2 Å². The molecule has 2 N–H and O–H groups in total. The van der Waals surface area contributed by atoms with E-state index in [2.05, 4.69) is 29.0 Å². The Labute approximate surface area is 175 Å². The molecule has 0 radical (unpaired) electrons. The molecular weight excluding hydrogens is 390 g/mol. The van der Waals surface area contributed by atoms with Crippen molar-refractivity contribution in [2.75, 3.05) is 20.7 Å². The molecule has 0 bridgehead atoms. The third-order valence-corrected chi connectivity index (χ3v) is 7.30. The van der Waals surface area contributed by atoms with E-state index < -0.39 is 0 Å². The van der Waals surface area contributed by atoms with Crippen LogP contribution in [0.3, 0.4) is 0 Å². The van der Waals surface area contributed by atoms with E-state index in [1.54, 1.807) is 17.7 Å². The van der Waals surface area contributed by atoms with Crippen LogP contribution in [-0.2, 0) is 17.6 Å². The Kier molecular flexibility index (Phi) is 7.80. The fourth-order valence-corrected chi connectivity index (χ4v) is 5.68. The molecule has 4 rings (SSSR count). The second-order valence-electron chi connectivity index (χ2n) is 8.10. The molecule has 0 spiro atoms. The Morgan fingerprint density at radius 3 is 2.62 bits per heavy atom. The van der Waals surface area contributed by atoms with Crippen molar-refractivity contribution in [1.82, 2.24) is 14.9 Å². The van der Waals surface area contributed by atoms with Crippen LogP contribution in [0.1, 0.15) is 49.0 Å². The molecule has 8 heteroatoms. The quantitative estimate of drug-likeness (QED) is 0.716. The predicted molar refractivity (Wildman–Crippen MR) is 114 cm³/mol. The molecule has 1 atom stereocenters. The van der Waals surface area contributed by atoms with E-state index >= 15 is 0 Å². The van der Waals surface area contributed by atoms with Gasteiger partial charge in [-0.15, -0.1) is 11.3 Å². The fourth-order valence-electron chi connectivity index (χ4n) is 4.51. The standard InChI is InChI=1S/C20H29N3O2S.CH2O2/c1-23(2)14-4-6-15(7-5-14)25-19-18-16-11-13(9-10-24)3-8-17(16)26-20(18)22-12-21-19;2-1-3/h12-15,24H,3-11H2,1-2H3;1H,(H,2,3)/t13-,14?,15?;/m0./s1. The minimum Gasteiger partial charge on any atom is -0.483 e. The number of hydrogen-bond donors (Lipinski definition) is 2. The minimum absolute atomic E-state index is 0.250. The van der Waals surface area contributed by atoms with Gasteiger partial charge in [0, 0.05) is 17.5 Å². The first-order chi connectivity index (χ1) is 14.1. The lowest BCUT2D eigenvalue weighted by molar-refractivity contribution is -0.122. The largest absolute Gasteiger partial charge is 0.483 e. The Bertz CT molecular complexity index is 803. The van der Waals surface area contributed by atoms with Crippen LogP contribution in [0.2, 0.25) is 0 Å². The lowest BCUT2D eigenvalue weighted by Gasteiger charge is -2.32. The molecular formula is C21H31N3O4S. The van der Waals surface area contributed by atoms with Gasteiger partial charge < -0.3 is 19.8 Å². The van der Waals surface area contributed by atoms with Crippen molar-refractivity contribution in [2.45, 2.75) is 63.5 Å². The number of hydrogen-bond acceptors (Lipinski definition) is 7. The van der Waals surface area contributed by atoms with Gasteiger partial charge >= 0.3 is 0 Å². The summed E-state index contributed by atoms with van der Waals surface area (Å²) < 4.78 is 6.40. The first-order valence-electron chi connectivity index (χ1n) is 10.3. The number of ether oxygens (including phenoxy) is 1. The number of aryl methyl sites for hydroxylation is 1. The predicted octanol–water partition coefficient (Wildman–Crippen LogP) is 3.13. The van der Waals surface area contributed by atoms with Crippen molar-refractivity contribution in [3.63, 3.8) is 0 Å². The third kappa shape index (κ3) is 5.24. The summed E-state index contributed by atoms with van der Waals surface area (Å²) in [5.41, 5.74) is 1.38. The maximum atomic E-state index is 9.31. The van der Waals surface area contributed by atoms with Gasteiger partial charge in [0.15, 0.2) is 0 Å². The van der Waals surface area contributed by atoms with Crippen LogP contribution in [0.25, 0.3) is 10.2 Å². The molecule has 29 heavy (non-hydrogen) atoms. The number of aliphatic hydroxyl groups excluding tert-OH is 1. The minimum atomic E-state index is -0.250. The van der Waals surface area contributed by atoms with Crippen LogP contribution in [-0.4, -0.2) is 64.4 Å². The second-order valence-corrected chi connectivity index (χ2v) is 9.18. The number of nitrogens with zero attached hydrogens (tertiary/aromatic N) is 3. The first kappa shape index (κ1) is 21.9. The monoisotopic (exact) mass is 421 g/mol. The lowest BCUT2D eigenvalue weighted by Crippen LogP contribution is -2.35. The summed E-state index contributed by atoms with van der Waals surface area (Å²) in [7, 11) is 4.33. The summed E-state index contributed by atoms with van der Waals surface area (Å²) >= 11 is 1.80. The molecule has 0 unspecified atom stereocenters. The number of carbonyl (C=O) groups is 1. The normalized spacial score (nSPS) is 23.9. The van der Waals surface area contributed by atoms with Crippen molar-refractivity contribution in [3.8, 4) is 5.88 Å². The fraction of sp³-hybridized carbons (Fsp3) is 0.667. The highest BCUT2D eigenvalue weighted by atomic mass is 32.1. The van der Waals surface area contributed by atoms with Crippen LogP contribution in [0, 0.1) is 5.92 Å². The molecule has 2 aromatic heterocycles. The second kappa shape index (κ2) is 10.3. The summed E-state index contributed by atoms with van der Waals surface area (Å²) in [5.74, 6) is 1.35. The molecule has 0 aromatic carbocycles. The molecule has 2 heterocycles. The van der Waals surface area contributed by atoms with Gasteiger partial charge in [-0.05, 0) is 76.9 Å². The summed E-state index contributed by atoms with van der Waals surface area (Å²) in [4.78, 5) is 22.2. The smallest absolute Gasteiger partial charge is 0.290 e. The van der Waals surface area contributed by atoms with Crippen LogP contribution in [0.4, 0.5) is 0 Å². The van der Waals surface area contributed by atoms with Crippen LogP contribution in [0.15, 0.2) is 6.33 Å². The van der Waals surface area contributed by atoms with Crippen LogP contribution < -0.4 is 4.74 Å². The molecule has 2 aliphatic carbocycles. The third-order valence-electron chi connectivity index (χ3n) is 6.10. The van der Waals surface area contributed by atoms with Crippen molar-refractivity contribution >= 4 is 28.0 Å². The number of carboxylic acid groups (broad SMARTS) is 1. The number of thiophene rings is 1. The van der Waals surface area contributed by atoms with Gasteiger partial charge in [-0.2, -0.15) is 0 Å². The molecule has 2 aliphatic rings. The van der Waals surface area contributed by atoms with Crippen LogP contribution >= 0.6 is 11.3 Å². The molecule has 2 aromatic rings. The summed E-state index contributed by atoms with van der Waals surface area (Å²) in [5, 5.41) is 17.3. The zero-order valence-electron chi connectivity index (χ0n) is 17.2. The van der Waals surface area contributed by atoms with Gasteiger partial charge in [-0.1, -0.05) is 0 Å². The maximum absolute atomic E-state index is 9.31. The van der Waals surface area contributed by atoms with Gasteiger partial charge in [0.05, 0.1) is 5.39 Å². The Morgan fingerprint density at radius 1 is 1.24 bits per heavy atom. The molecule has 0 amide bonds. The SMILES string of the molecule is CN(C)C1CCC(Oc2ncnc3sc4c(c23)C[C@H](CCO)CC4)CC1.O=CO. The first-order valence-corrected chi connectivity index (χ1v) is 11.2. The molecule has 0 saturated heterocycles. The number of rotatable bonds is 5. The number of aliphatic hydroxyl groups is 1. The zero-order valence-corrected chi connectivity index (χ0v) is 18.0. The van der Waals surface area contributed by atoms with Gasteiger partial charge in [0.2, 0.25) is 5.88 Å². The lowest BCUT2D eigenvalue weighted by atomic mass is 9.85. The summed E-state index contributed by atoms with van der Waals surface area (Å²) in [6.45, 7) is 0.0248. The van der Waals surface area contributed by atoms with E-state index in [1.165, 1.54) is 29.7 Å². The van der Waals surface area contributed by atoms with Gasteiger partial charge in [0.1, 0.15) is 17.3 Å². The van der Waals surface area contributed by atoms with E-state index in [4.69, 9.17) is 14.6 Å². The Balaban J connectivity index is 0.000000755. The van der Waals surface area contributed by atoms with Crippen molar-refractivity contribution in [2.24, 2.45) is 5.92 Å². The highest BCUT2D eigenvalue weighted by Crippen LogP contribution is 2.41. The molecule has 1 fully saturated rings. The van der Waals surface area contributed by atoms with E-state index in [9.17, 15) is 5.11 Å². The number of fused-ring (bicyclic) bond motifs is 3. The highest BCUT2D eigenvalue weighted by Gasteiger charge is 2.28. The average molecular weight is 422 g/mol. The van der Waals surface area contributed by atoms with Gasteiger partial charge in [0.25, 0.3) is 6.47 Å². The molecule has 0 aliphatic heterocycles. The molecule has 160 valence electrons. The van der Waals surface area contributed by atoms with E-state index in [0.29, 0.717) is 12.0 Å². The zero-order chi connectivity index (χ0) is 20.8. The van der Waals surface area contributed by atoms with Crippen LogP contribution in [0.5, 0.6) is 5.88 Å².